The van der Waals surface area contributed by atoms with Crippen LogP contribution < -0.4 is 5.73 Å². The number of amides is 1. The van der Waals surface area contributed by atoms with Gasteiger partial charge < -0.3 is 20.8 Å². The van der Waals surface area contributed by atoms with Gasteiger partial charge in [0.2, 0.25) is 5.78 Å². The van der Waals surface area contributed by atoms with Gasteiger partial charge in [-0.2, -0.15) is 0 Å². The lowest BCUT2D eigenvalue weighted by Crippen LogP contribution is -2.37. The lowest BCUT2D eigenvalue weighted by Gasteiger charge is -2.19. The van der Waals surface area contributed by atoms with E-state index in [0.29, 0.717) is 5.01 Å². The Kier molecular flexibility index (Phi) is 4.63. The van der Waals surface area contributed by atoms with Crippen molar-refractivity contribution in [3.05, 3.63) is 22.3 Å². The number of fused-ring (bicyclic) bond motifs is 1. The number of nitrogens with zero attached hydrogens (tertiary/aromatic N) is 4. The van der Waals surface area contributed by atoms with Crippen molar-refractivity contribution in [3.63, 3.8) is 0 Å². The first-order chi connectivity index (χ1) is 12.8. The molecule has 12 nitrogen and oxygen atoms in total. The third-order valence-corrected chi connectivity index (χ3v) is 4.65. The third kappa shape index (κ3) is 3.02. The van der Waals surface area contributed by atoms with Crippen LogP contribution in [-0.4, -0.2) is 74.8 Å². The number of rotatable bonds is 6. The quantitative estimate of drug-likeness (QED) is 0.300. The monoisotopic (exact) mass is 395 g/mol. The van der Waals surface area contributed by atoms with Crippen LogP contribution in [0.3, 0.4) is 0 Å². The molecule has 1 fully saturated rings. The van der Waals surface area contributed by atoms with Gasteiger partial charge in [0, 0.05) is 11.9 Å². The van der Waals surface area contributed by atoms with E-state index in [4.69, 9.17) is 10.8 Å². The molecular weight excluding hydrogens is 382 g/mol. The molecule has 1 atom stereocenters. The highest BCUT2D eigenvalue weighted by Crippen LogP contribution is 2.33. The Bertz CT molecular complexity index is 921. The van der Waals surface area contributed by atoms with Crippen molar-refractivity contribution in [2.75, 3.05) is 25.9 Å². The van der Waals surface area contributed by atoms with Gasteiger partial charge in [-0.3, -0.25) is 9.59 Å². The molecule has 3 rings (SSSR count). The molecular formula is C14H13N5O7S. The second-order valence-electron chi connectivity index (χ2n) is 5.54. The first-order valence-electron chi connectivity index (χ1n) is 7.41. The minimum Gasteiger partial charge on any atom is -0.478 e. The average Bonchev–Trinajstić information content (AvgIpc) is 3.27. The van der Waals surface area contributed by atoms with E-state index in [2.05, 4.69) is 15.0 Å². The number of carboxylic acids is 2. The first-order valence-corrected chi connectivity index (χ1v) is 8.29. The normalized spacial score (nSPS) is 20.2. The third-order valence-electron chi connectivity index (χ3n) is 3.98. The van der Waals surface area contributed by atoms with Gasteiger partial charge in [0.25, 0.3) is 5.91 Å². The fourth-order valence-corrected chi connectivity index (χ4v) is 3.43. The summed E-state index contributed by atoms with van der Waals surface area (Å²) in [6.45, 7) is -0.513. The summed E-state index contributed by atoms with van der Waals surface area (Å²) < 4.78 is 0. The topological polar surface area (TPSA) is 176 Å². The number of Topliss-reactive ketones (excluding diaryl/α,β-unsaturated/α-hetero) is 1. The molecule has 1 amide bonds. The Morgan fingerprint density at radius 2 is 2.07 bits per heavy atom. The van der Waals surface area contributed by atoms with Crippen molar-refractivity contribution < 1.29 is 34.2 Å². The largest absolute Gasteiger partial charge is 0.478 e. The van der Waals surface area contributed by atoms with Crippen LogP contribution in [-0.2, 0) is 24.0 Å². The van der Waals surface area contributed by atoms with Crippen molar-refractivity contribution in [3.8, 4) is 0 Å². The SMILES string of the molecule is CO/N=C(/C(=O)C1CN2CC(C(=O)O)=C(C(=O)O)N2C1=O)c1csc(N)n1. The Morgan fingerprint density at radius 1 is 1.37 bits per heavy atom. The second kappa shape index (κ2) is 6.77. The molecule has 0 aromatic carbocycles. The molecule has 27 heavy (non-hydrogen) atoms. The Balaban J connectivity index is 1.93. The van der Waals surface area contributed by atoms with Crippen LogP contribution in [0.15, 0.2) is 21.8 Å². The summed E-state index contributed by atoms with van der Waals surface area (Å²) in [5.41, 5.74) is 4.34. The van der Waals surface area contributed by atoms with Gasteiger partial charge in [-0.15, -0.1) is 11.3 Å². The van der Waals surface area contributed by atoms with Crippen molar-refractivity contribution in [1.82, 2.24) is 15.0 Å². The van der Waals surface area contributed by atoms with Crippen molar-refractivity contribution in [2.45, 2.75) is 0 Å². The lowest BCUT2D eigenvalue weighted by molar-refractivity contribution is -0.144. The van der Waals surface area contributed by atoms with Gasteiger partial charge in [-0.1, -0.05) is 5.16 Å². The van der Waals surface area contributed by atoms with Gasteiger partial charge in [-0.25, -0.2) is 24.6 Å². The number of nitrogen functional groups attached to an aromatic ring is 1. The number of hydrogen-bond acceptors (Lipinski definition) is 10. The number of aromatic nitrogens is 1. The lowest BCUT2D eigenvalue weighted by atomic mass is 9.98. The smallest absolute Gasteiger partial charge is 0.354 e. The maximum Gasteiger partial charge on any atom is 0.354 e. The Labute approximate surface area is 155 Å². The number of hydrogen-bond donors (Lipinski definition) is 3. The van der Waals surface area contributed by atoms with E-state index < -0.39 is 40.8 Å². The maximum absolute atomic E-state index is 12.8. The number of carboxylic acid groups (broad SMARTS) is 2. The molecule has 1 aromatic rings. The summed E-state index contributed by atoms with van der Waals surface area (Å²) in [6.07, 6.45) is 0. The molecule has 2 aliphatic rings. The first kappa shape index (κ1) is 18.5. The standard InChI is InChI=1S/C14H13N5O7S/c1-26-17-8(7-4-27-14(15)16-7)10(20)6-3-18-2-5(12(22)23)9(13(24)25)19(18)11(6)21/h4,6H,2-3H2,1H3,(H2,15,16)(H,22,23)(H,24,25)/b17-8+. The Morgan fingerprint density at radius 3 is 2.59 bits per heavy atom. The number of carbonyl (C=O) groups is 4. The van der Waals surface area contributed by atoms with Gasteiger partial charge >= 0.3 is 11.9 Å². The second-order valence-corrected chi connectivity index (χ2v) is 6.43. The average molecular weight is 395 g/mol. The van der Waals surface area contributed by atoms with Crippen LogP contribution in [0.4, 0.5) is 5.13 Å². The van der Waals surface area contributed by atoms with Crippen molar-refractivity contribution >= 4 is 45.8 Å². The summed E-state index contributed by atoms with van der Waals surface area (Å²) in [4.78, 5) is 56.8. The molecule has 3 heterocycles. The van der Waals surface area contributed by atoms with Crippen LogP contribution in [0, 0.1) is 5.92 Å². The molecule has 2 aliphatic heterocycles. The fraction of sp³-hybridized carbons (Fsp3) is 0.286. The number of aliphatic carboxylic acids is 2. The highest BCUT2D eigenvalue weighted by molar-refractivity contribution is 7.13. The molecule has 4 N–H and O–H groups in total. The van der Waals surface area contributed by atoms with E-state index in [1.165, 1.54) is 17.5 Å². The van der Waals surface area contributed by atoms with Crippen LogP contribution in [0.2, 0.25) is 0 Å². The minimum absolute atomic E-state index is 0.124. The molecule has 0 saturated carbocycles. The van der Waals surface area contributed by atoms with Gasteiger partial charge in [-0.05, 0) is 0 Å². The summed E-state index contributed by atoms with van der Waals surface area (Å²) in [6, 6.07) is 0. The van der Waals surface area contributed by atoms with Crippen LogP contribution in [0.1, 0.15) is 5.69 Å². The van der Waals surface area contributed by atoms with Gasteiger partial charge in [0.1, 0.15) is 18.7 Å². The van der Waals surface area contributed by atoms with E-state index >= 15 is 0 Å². The molecule has 0 bridgehead atoms. The molecule has 0 radical (unpaired) electrons. The van der Waals surface area contributed by atoms with Crippen LogP contribution in [0.25, 0.3) is 0 Å². The molecule has 13 heteroatoms. The highest BCUT2D eigenvalue weighted by atomic mass is 32.1. The van der Waals surface area contributed by atoms with E-state index in [1.54, 1.807) is 0 Å². The number of carbonyl (C=O) groups excluding carboxylic acids is 2. The number of nitrogens with two attached hydrogens (primary N) is 1. The number of ketones is 1. The van der Waals surface area contributed by atoms with Gasteiger partial charge in [0.15, 0.2) is 16.5 Å². The predicted molar refractivity (Wildman–Crippen MR) is 89.3 cm³/mol. The zero-order valence-corrected chi connectivity index (χ0v) is 14.6. The molecule has 0 aliphatic carbocycles. The summed E-state index contributed by atoms with van der Waals surface area (Å²) in [7, 11) is 1.21. The molecule has 0 spiro atoms. The summed E-state index contributed by atoms with van der Waals surface area (Å²) in [5, 5.41) is 25.6. The molecule has 1 unspecified atom stereocenters. The van der Waals surface area contributed by atoms with Gasteiger partial charge in [0.05, 0.1) is 12.1 Å². The number of anilines is 1. The number of thiazole rings is 1. The molecule has 1 saturated heterocycles. The van der Waals surface area contributed by atoms with Crippen molar-refractivity contribution in [2.24, 2.45) is 11.1 Å². The van der Waals surface area contributed by atoms with E-state index in [1.807, 2.05) is 0 Å². The van der Waals surface area contributed by atoms with Crippen LogP contribution >= 0.6 is 11.3 Å². The van der Waals surface area contributed by atoms with E-state index in [9.17, 15) is 24.3 Å². The van der Waals surface area contributed by atoms with Crippen molar-refractivity contribution in [1.29, 1.82) is 0 Å². The highest BCUT2D eigenvalue weighted by Gasteiger charge is 2.52. The maximum atomic E-state index is 12.8. The predicted octanol–water partition coefficient (Wildman–Crippen LogP) is -1.24. The summed E-state index contributed by atoms with van der Waals surface area (Å²) in [5.74, 6) is -5.90. The minimum atomic E-state index is -1.57. The zero-order valence-electron chi connectivity index (χ0n) is 13.8. The summed E-state index contributed by atoms with van der Waals surface area (Å²) >= 11 is 1.07. The van der Waals surface area contributed by atoms with E-state index in [0.717, 1.165) is 11.3 Å². The number of hydrazine groups is 1. The zero-order chi connectivity index (χ0) is 19.9. The molecule has 142 valence electrons. The number of oxime groups is 1. The Hall–Kier alpha value is -3.32. The van der Waals surface area contributed by atoms with E-state index in [-0.39, 0.29) is 29.6 Å². The fourth-order valence-electron chi connectivity index (χ4n) is 2.88. The van der Waals surface area contributed by atoms with Crippen LogP contribution in [0.5, 0.6) is 0 Å². The molecule has 1 aromatic heterocycles.